The molecule has 22 heavy (non-hydrogen) atoms. The number of benzene rings is 1. The Morgan fingerprint density at radius 2 is 2.05 bits per heavy atom. The van der Waals surface area contributed by atoms with Crippen LogP contribution in [0.15, 0.2) is 41.5 Å². The number of nitrogens with zero attached hydrogens (tertiary/aromatic N) is 2. The highest BCUT2D eigenvalue weighted by Gasteiger charge is 2.06. The first kappa shape index (κ1) is 15.6. The standard InChI is InChI=1S/C16H20N4O2/c1-11-4-5-12(9-18-11)10-19-16(17)20-14-8-13(21-2)6-7-15(14)22-3/h4-9H,10H2,1-3H3,(H3,17,19,20). The van der Waals surface area contributed by atoms with Crippen LogP contribution in [0, 0.1) is 6.92 Å². The SMILES string of the molecule is COc1ccc(OC)c(NC(N)=NCc2ccc(C)nc2)c1. The number of nitrogens with two attached hydrogens (primary N) is 1. The normalized spacial score (nSPS) is 11.1. The molecule has 0 aliphatic heterocycles. The number of aliphatic imine (C=N–C) groups is 1. The number of anilines is 1. The number of hydrogen-bond acceptors (Lipinski definition) is 4. The molecule has 1 aromatic carbocycles. The Bertz CT molecular complexity index is 654. The van der Waals surface area contributed by atoms with Crippen LogP contribution in [0.4, 0.5) is 5.69 Å². The molecule has 0 radical (unpaired) electrons. The maximum Gasteiger partial charge on any atom is 0.193 e. The zero-order valence-electron chi connectivity index (χ0n) is 13.0. The van der Waals surface area contributed by atoms with E-state index >= 15 is 0 Å². The minimum atomic E-state index is 0.298. The molecule has 2 aromatic rings. The third-order valence-electron chi connectivity index (χ3n) is 3.07. The summed E-state index contributed by atoms with van der Waals surface area (Å²) in [4.78, 5) is 8.52. The quantitative estimate of drug-likeness (QED) is 0.654. The average molecular weight is 300 g/mol. The van der Waals surface area contributed by atoms with Crippen molar-refractivity contribution in [2.75, 3.05) is 19.5 Å². The lowest BCUT2D eigenvalue weighted by Crippen LogP contribution is -2.23. The van der Waals surface area contributed by atoms with Gasteiger partial charge in [0.25, 0.3) is 0 Å². The Morgan fingerprint density at radius 3 is 2.68 bits per heavy atom. The van der Waals surface area contributed by atoms with Gasteiger partial charge in [-0.15, -0.1) is 0 Å². The van der Waals surface area contributed by atoms with Gasteiger partial charge in [-0.1, -0.05) is 6.07 Å². The van der Waals surface area contributed by atoms with Crippen molar-refractivity contribution in [3.05, 3.63) is 47.8 Å². The van der Waals surface area contributed by atoms with Crippen molar-refractivity contribution in [2.45, 2.75) is 13.5 Å². The fourth-order valence-electron chi connectivity index (χ4n) is 1.86. The van der Waals surface area contributed by atoms with Gasteiger partial charge in [0.15, 0.2) is 5.96 Å². The van der Waals surface area contributed by atoms with E-state index in [9.17, 15) is 0 Å². The van der Waals surface area contributed by atoms with Crippen LogP contribution in [-0.2, 0) is 6.54 Å². The van der Waals surface area contributed by atoms with Crippen molar-refractivity contribution < 1.29 is 9.47 Å². The first-order chi connectivity index (χ1) is 10.6. The van der Waals surface area contributed by atoms with Crippen molar-refractivity contribution in [1.82, 2.24) is 4.98 Å². The topological polar surface area (TPSA) is 81.8 Å². The average Bonchev–Trinajstić information content (AvgIpc) is 2.54. The predicted octanol–water partition coefficient (Wildman–Crippen LogP) is 2.33. The molecule has 0 atom stereocenters. The van der Waals surface area contributed by atoms with Gasteiger partial charge in [0, 0.05) is 18.0 Å². The highest BCUT2D eigenvalue weighted by molar-refractivity contribution is 5.93. The Kier molecular flexibility index (Phi) is 5.19. The Morgan fingerprint density at radius 1 is 1.23 bits per heavy atom. The van der Waals surface area contributed by atoms with Crippen LogP contribution >= 0.6 is 0 Å². The molecule has 2 rings (SSSR count). The van der Waals surface area contributed by atoms with Crippen molar-refractivity contribution in [2.24, 2.45) is 10.7 Å². The molecule has 3 N–H and O–H groups in total. The first-order valence-electron chi connectivity index (χ1n) is 6.83. The molecule has 0 aliphatic rings. The van der Waals surface area contributed by atoms with Gasteiger partial charge in [-0.25, -0.2) is 4.99 Å². The molecule has 0 aliphatic carbocycles. The highest BCUT2D eigenvalue weighted by atomic mass is 16.5. The molecular formula is C16H20N4O2. The van der Waals surface area contributed by atoms with Crippen molar-refractivity contribution in [3.8, 4) is 11.5 Å². The monoisotopic (exact) mass is 300 g/mol. The summed E-state index contributed by atoms with van der Waals surface area (Å²) in [6, 6.07) is 9.34. The van der Waals surface area contributed by atoms with E-state index in [0.717, 1.165) is 11.3 Å². The van der Waals surface area contributed by atoms with Crippen LogP contribution in [0.25, 0.3) is 0 Å². The number of hydrogen-bond donors (Lipinski definition) is 2. The molecule has 1 aromatic heterocycles. The molecule has 0 fully saturated rings. The van der Waals surface area contributed by atoms with Gasteiger partial charge in [-0.3, -0.25) is 4.98 Å². The summed E-state index contributed by atoms with van der Waals surface area (Å²) in [7, 11) is 3.20. The molecule has 116 valence electrons. The second-order valence-corrected chi connectivity index (χ2v) is 4.70. The first-order valence-corrected chi connectivity index (χ1v) is 6.83. The van der Waals surface area contributed by atoms with Crippen molar-refractivity contribution >= 4 is 11.6 Å². The smallest absolute Gasteiger partial charge is 0.193 e. The second kappa shape index (κ2) is 7.31. The van der Waals surface area contributed by atoms with Crippen molar-refractivity contribution in [3.63, 3.8) is 0 Å². The van der Waals surface area contributed by atoms with Gasteiger partial charge in [0.2, 0.25) is 0 Å². The molecule has 0 bridgehead atoms. The molecule has 0 saturated heterocycles. The zero-order chi connectivity index (χ0) is 15.9. The van der Waals surface area contributed by atoms with E-state index in [-0.39, 0.29) is 0 Å². The van der Waals surface area contributed by atoms with Gasteiger partial charge in [-0.2, -0.15) is 0 Å². The molecule has 6 heteroatoms. The lowest BCUT2D eigenvalue weighted by molar-refractivity contribution is 0.405. The van der Waals surface area contributed by atoms with Gasteiger partial charge in [0.1, 0.15) is 11.5 Å². The number of pyridine rings is 1. The summed E-state index contributed by atoms with van der Waals surface area (Å²) in [6.07, 6.45) is 1.79. The summed E-state index contributed by atoms with van der Waals surface area (Å²) in [6.45, 7) is 2.40. The van der Waals surface area contributed by atoms with E-state index in [4.69, 9.17) is 15.2 Å². The highest BCUT2D eigenvalue weighted by Crippen LogP contribution is 2.28. The van der Waals surface area contributed by atoms with E-state index in [0.29, 0.717) is 29.7 Å². The Balaban J connectivity index is 2.08. The number of aromatic nitrogens is 1. The van der Waals surface area contributed by atoms with E-state index in [1.807, 2.05) is 25.1 Å². The number of guanidine groups is 1. The third kappa shape index (κ3) is 4.12. The predicted molar refractivity (Wildman–Crippen MR) is 87.5 cm³/mol. The maximum atomic E-state index is 5.92. The fourth-order valence-corrected chi connectivity index (χ4v) is 1.86. The van der Waals surface area contributed by atoms with Crippen LogP contribution in [0.3, 0.4) is 0 Å². The lowest BCUT2D eigenvalue weighted by Gasteiger charge is -2.12. The molecule has 0 amide bonds. The van der Waals surface area contributed by atoms with Crippen LogP contribution < -0.4 is 20.5 Å². The summed E-state index contributed by atoms with van der Waals surface area (Å²) in [5.74, 6) is 1.67. The van der Waals surface area contributed by atoms with Gasteiger partial charge >= 0.3 is 0 Å². The summed E-state index contributed by atoms with van der Waals surface area (Å²) in [5.41, 5.74) is 8.59. The van der Waals surface area contributed by atoms with E-state index in [1.54, 1.807) is 32.5 Å². The van der Waals surface area contributed by atoms with Crippen molar-refractivity contribution in [1.29, 1.82) is 0 Å². The zero-order valence-corrected chi connectivity index (χ0v) is 13.0. The summed E-state index contributed by atoms with van der Waals surface area (Å²) < 4.78 is 10.5. The molecule has 0 saturated carbocycles. The molecule has 1 heterocycles. The Labute approximate surface area is 130 Å². The second-order valence-electron chi connectivity index (χ2n) is 4.70. The largest absolute Gasteiger partial charge is 0.497 e. The number of methoxy groups -OCH3 is 2. The van der Waals surface area contributed by atoms with Gasteiger partial charge in [-0.05, 0) is 30.7 Å². The van der Waals surface area contributed by atoms with E-state index in [2.05, 4.69) is 15.3 Å². The summed E-state index contributed by atoms with van der Waals surface area (Å²) >= 11 is 0. The number of ether oxygens (including phenoxy) is 2. The van der Waals surface area contributed by atoms with E-state index < -0.39 is 0 Å². The maximum absolute atomic E-state index is 5.92. The molecule has 0 unspecified atom stereocenters. The molecular weight excluding hydrogens is 280 g/mol. The van der Waals surface area contributed by atoms with E-state index in [1.165, 1.54) is 0 Å². The lowest BCUT2D eigenvalue weighted by atomic mass is 10.2. The molecule has 0 spiro atoms. The van der Waals surface area contributed by atoms with Crippen LogP contribution in [0.1, 0.15) is 11.3 Å². The number of rotatable bonds is 5. The summed E-state index contributed by atoms with van der Waals surface area (Å²) in [5, 5.41) is 3.02. The minimum absolute atomic E-state index is 0.298. The number of nitrogens with one attached hydrogen (secondary N) is 1. The minimum Gasteiger partial charge on any atom is -0.497 e. The fraction of sp³-hybridized carbons (Fsp3) is 0.250. The third-order valence-corrected chi connectivity index (χ3v) is 3.07. The van der Waals surface area contributed by atoms with Gasteiger partial charge in [0.05, 0.1) is 26.5 Å². The van der Waals surface area contributed by atoms with Crippen LogP contribution in [-0.4, -0.2) is 25.2 Å². The van der Waals surface area contributed by atoms with Crippen LogP contribution in [0.5, 0.6) is 11.5 Å². The number of aryl methyl sites for hydroxylation is 1. The van der Waals surface area contributed by atoms with Gasteiger partial charge < -0.3 is 20.5 Å². The van der Waals surface area contributed by atoms with Crippen LogP contribution in [0.2, 0.25) is 0 Å². The molecule has 6 nitrogen and oxygen atoms in total. The Hall–Kier alpha value is -2.76.